The Morgan fingerprint density at radius 1 is 1.09 bits per heavy atom. The Bertz CT molecular complexity index is 610. The molecule has 0 aliphatic heterocycles. The molecule has 1 unspecified atom stereocenters. The number of benzene rings is 2. The van der Waals surface area contributed by atoms with Crippen molar-refractivity contribution < 1.29 is 9.53 Å². The summed E-state index contributed by atoms with van der Waals surface area (Å²) in [5, 5.41) is 2.97. The first kappa shape index (κ1) is 17.1. The molecule has 0 aliphatic carbocycles. The molecule has 0 saturated heterocycles. The fourth-order valence-electron chi connectivity index (χ4n) is 2.40. The summed E-state index contributed by atoms with van der Waals surface area (Å²) in [6.07, 6.45) is 2.55. The Morgan fingerprint density at radius 2 is 1.78 bits per heavy atom. The van der Waals surface area contributed by atoms with Crippen LogP contribution >= 0.6 is 0 Å². The summed E-state index contributed by atoms with van der Waals surface area (Å²) in [5.41, 5.74) is 1.92. The first-order chi connectivity index (χ1) is 11.2. The van der Waals surface area contributed by atoms with E-state index in [9.17, 15) is 4.79 Å². The van der Waals surface area contributed by atoms with Crippen LogP contribution in [0, 0.1) is 0 Å². The molecule has 0 aromatic heterocycles. The van der Waals surface area contributed by atoms with Crippen LogP contribution in [-0.2, 0) is 4.79 Å². The highest BCUT2D eigenvalue weighted by Gasteiger charge is 2.13. The summed E-state index contributed by atoms with van der Waals surface area (Å²) < 4.78 is 5.75. The molecular weight excluding hydrogens is 286 g/mol. The Morgan fingerprint density at radius 3 is 2.52 bits per heavy atom. The quantitative estimate of drug-likeness (QED) is 0.697. The summed E-state index contributed by atoms with van der Waals surface area (Å²) in [7, 11) is 0. The lowest BCUT2D eigenvalue weighted by Gasteiger charge is -2.14. The third-order valence-electron chi connectivity index (χ3n) is 3.78. The minimum absolute atomic E-state index is 0.00731. The average molecular weight is 311 g/mol. The molecule has 0 fully saturated rings. The standard InChI is InChI=1S/C20H25NO2/c1-3-4-14-23-19-13-9-8-12-18(19)21-20(22)15-16(2)17-10-6-5-7-11-17/h5-13,16H,3-4,14-15H2,1-2H3,(H,21,22). The van der Waals surface area contributed by atoms with Crippen LogP contribution in [0.3, 0.4) is 0 Å². The van der Waals surface area contributed by atoms with Crippen molar-refractivity contribution in [2.45, 2.75) is 39.0 Å². The predicted octanol–water partition coefficient (Wildman–Crippen LogP) is 5.00. The highest BCUT2D eigenvalue weighted by atomic mass is 16.5. The molecule has 2 aromatic rings. The molecule has 0 saturated carbocycles. The van der Waals surface area contributed by atoms with Gasteiger partial charge in [-0.3, -0.25) is 4.79 Å². The Kier molecular flexibility index (Phi) is 6.67. The molecule has 1 atom stereocenters. The van der Waals surface area contributed by atoms with Crippen molar-refractivity contribution in [3.05, 3.63) is 60.2 Å². The first-order valence-corrected chi connectivity index (χ1v) is 8.27. The highest BCUT2D eigenvalue weighted by molar-refractivity contribution is 5.92. The zero-order valence-corrected chi connectivity index (χ0v) is 13.9. The van der Waals surface area contributed by atoms with E-state index in [1.165, 1.54) is 5.56 Å². The molecule has 2 rings (SSSR count). The number of para-hydroxylation sites is 2. The lowest BCUT2D eigenvalue weighted by Crippen LogP contribution is -2.15. The average Bonchev–Trinajstić information content (AvgIpc) is 2.57. The Hall–Kier alpha value is -2.29. The topological polar surface area (TPSA) is 38.3 Å². The minimum Gasteiger partial charge on any atom is -0.491 e. The molecule has 0 bridgehead atoms. The zero-order chi connectivity index (χ0) is 16.5. The lowest BCUT2D eigenvalue weighted by atomic mass is 9.97. The van der Waals surface area contributed by atoms with Crippen LogP contribution in [-0.4, -0.2) is 12.5 Å². The number of hydrogen-bond acceptors (Lipinski definition) is 2. The molecule has 3 heteroatoms. The third kappa shape index (κ3) is 5.44. The van der Waals surface area contributed by atoms with Crippen LogP contribution in [0.4, 0.5) is 5.69 Å². The van der Waals surface area contributed by atoms with Gasteiger partial charge in [-0.05, 0) is 30.0 Å². The first-order valence-electron chi connectivity index (χ1n) is 8.27. The van der Waals surface area contributed by atoms with E-state index in [1.807, 2.05) is 42.5 Å². The fraction of sp³-hybridized carbons (Fsp3) is 0.350. The number of unbranched alkanes of at least 4 members (excludes halogenated alkanes) is 1. The Labute approximate surface area is 138 Å². The van der Waals surface area contributed by atoms with E-state index < -0.39 is 0 Å². The van der Waals surface area contributed by atoms with Crippen LogP contribution in [0.5, 0.6) is 5.75 Å². The maximum atomic E-state index is 12.3. The van der Waals surface area contributed by atoms with Gasteiger partial charge in [0.2, 0.25) is 5.91 Å². The van der Waals surface area contributed by atoms with Gasteiger partial charge in [-0.25, -0.2) is 0 Å². The second kappa shape index (κ2) is 8.99. The Balaban J connectivity index is 1.95. The number of carbonyl (C=O) groups excluding carboxylic acids is 1. The summed E-state index contributed by atoms with van der Waals surface area (Å²) in [6, 6.07) is 17.7. The van der Waals surface area contributed by atoms with Gasteiger partial charge in [0.25, 0.3) is 0 Å². The molecular formula is C20H25NO2. The molecule has 122 valence electrons. The van der Waals surface area contributed by atoms with Gasteiger partial charge in [0.1, 0.15) is 5.75 Å². The van der Waals surface area contributed by atoms with E-state index in [4.69, 9.17) is 4.74 Å². The van der Waals surface area contributed by atoms with Crippen LogP contribution in [0.25, 0.3) is 0 Å². The van der Waals surface area contributed by atoms with Crippen molar-refractivity contribution in [2.24, 2.45) is 0 Å². The fourth-order valence-corrected chi connectivity index (χ4v) is 2.40. The monoisotopic (exact) mass is 311 g/mol. The van der Waals surface area contributed by atoms with E-state index in [1.54, 1.807) is 0 Å². The maximum Gasteiger partial charge on any atom is 0.225 e. The van der Waals surface area contributed by atoms with Crippen LogP contribution in [0.15, 0.2) is 54.6 Å². The number of ether oxygens (including phenoxy) is 1. The van der Waals surface area contributed by atoms with Gasteiger partial charge in [-0.15, -0.1) is 0 Å². The number of nitrogens with one attached hydrogen (secondary N) is 1. The smallest absolute Gasteiger partial charge is 0.225 e. The number of hydrogen-bond donors (Lipinski definition) is 1. The molecule has 2 aromatic carbocycles. The summed E-state index contributed by atoms with van der Waals surface area (Å²) in [6.45, 7) is 4.87. The van der Waals surface area contributed by atoms with Gasteiger partial charge in [-0.2, -0.15) is 0 Å². The number of carbonyl (C=O) groups is 1. The molecule has 0 heterocycles. The zero-order valence-electron chi connectivity index (χ0n) is 13.9. The molecule has 0 aliphatic rings. The number of amides is 1. The SMILES string of the molecule is CCCCOc1ccccc1NC(=O)CC(C)c1ccccc1. The third-order valence-corrected chi connectivity index (χ3v) is 3.78. The van der Waals surface area contributed by atoms with E-state index in [2.05, 4.69) is 31.3 Å². The van der Waals surface area contributed by atoms with Crippen molar-refractivity contribution in [1.82, 2.24) is 0 Å². The van der Waals surface area contributed by atoms with E-state index >= 15 is 0 Å². The van der Waals surface area contributed by atoms with Gasteiger partial charge >= 0.3 is 0 Å². The number of rotatable bonds is 8. The van der Waals surface area contributed by atoms with Gasteiger partial charge in [0.15, 0.2) is 0 Å². The van der Waals surface area contributed by atoms with Crippen molar-refractivity contribution in [2.75, 3.05) is 11.9 Å². The van der Waals surface area contributed by atoms with E-state index in [0.29, 0.717) is 13.0 Å². The van der Waals surface area contributed by atoms with Crippen LogP contribution in [0.2, 0.25) is 0 Å². The van der Waals surface area contributed by atoms with Gasteiger partial charge in [0.05, 0.1) is 12.3 Å². The second-order valence-electron chi connectivity index (χ2n) is 5.76. The summed E-state index contributed by atoms with van der Waals surface area (Å²) in [4.78, 5) is 12.3. The van der Waals surface area contributed by atoms with E-state index in [-0.39, 0.29) is 11.8 Å². The predicted molar refractivity (Wildman–Crippen MR) is 94.9 cm³/mol. The molecule has 1 amide bonds. The normalized spacial score (nSPS) is 11.7. The second-order valence-corrected chi connectivity index (χ2v) is 5.76. The summed E-state index contributed by atoms with van der Waals surface area (Å²) in [5.74, 6) is 0.930. The molecule has 23 heavy (non-hydrogen) atoms. The molecule has 0 radical (unpaired) electrons. The van der Waals surface area contributed by atoms with E-state index in [0.717, 1.165) is 24.3 Å². The van der Waals surface area contributed by atoms with Gasteiger partial charge in [-0.1, -0.05) is 62.7 Å². The van der Waals surface area contributed by atoms with Crippen molar-refractivity contribution >= 4 is 11.6 Å². The lowest BCUT2D eigenvalue weighted by molar-refractivity contribution is -0.116. The minimum atomic E-state index is 0.00731. The van der Waals surface area contributed by atoms with Crippen molar-refractivity contribution in [3.8, 4) is 5.75 Å². The van der Waals surface area contributed by atoms with Gasteiger partial charge in [0, 0.05) is 6.42 Å². The molecule has 1 N–H and O–H groups in total. The van der Waals surface area contributed by atoms with Crippen molar-refractivity contribution in [1.29, 1.82) is 0 Å². The summed E-state index contributed by atoms with van der Waals surface area (Å²) >= 11 is 0. The van der Waals surface area contributed by atoms with Crippen LogP contribution < -0.4 is 10.1 Å². The maximum absolute atomic E-state index is 12.3. The van der Waals surface area contributed by atoms with Gasteiger partial charge < -0.3 is 10.1 Å². The number of anilines is 1. The molecule has 0 spiro atoms. The van der Waals surface area contributed by atoms with Crippen molar-refractivity contribution in [3.63, 3.8) is 0 Å². The van der Waals surface area contributed by atoms with Crippen LogP contribution in [0.1, 0.15) is 44.6 Å². The highest BCUT2D eigenvalue weighted by Crippen LogP contribution is 2.25. The largest absolute Gasteiger partial charge is 0.491 e. The molecule has 3 nitrogen and oxygen atoms in total.